The molecule has 2 atom stereocenters. The summed E-state index contributed by atoms with van der Waals surface area (Å²) in [5, 5.41) is 2.25. The quantitative estimate of drug-likeness (QED) is 0.775. The van der Waals surface area contributed by atoms with Crippen molar-refractivity contribution in [2.45, 2.75) is 31.2 Å². The minimum absolute atomic E-state index is 0.0624. The van der Waals surface area contributed by atoms with Crippen molar-refractivity contribution < 1.29 is 32.2 Å². The van der Waals surface area contributed by atoms with E-state index in [2.05, 4.69) is 5.32 Å². The van der Waals surface area contributed by atoms with Gasteiger partial charge in [-0.3, -0.25) is 14.5 Å². The van der Waals surface area contributed by atoms with Crippen LogP contribution in [0.2, 0.25) is 0 Å². The van der Waals surface area contributed by atoms with Gasteiger partial charge < -0.3 is 19.7 Å². The average Bonchev–Trinajstić information content (AvgIpc) is 3.00. The number of hydrogen-bond donors (Lipinski definition) is 1. The summed E-state index contributed by atoms with van der Waals surface area (Å²) in [6.45, 7) is 3.94. The van der Waals surface area contributed by atoms with Gasteiger partial charge in [-0.15, -0.1) is 0 Å². The average molecular weight is 429 g/mol. The summed E-state index contributed by atoms with van der Waals surface area (Å²) < 4.78 is 50.7. The Hall–Kier alpha value is -2.17. The first-order valence-electron chi connectivity index (χ1n) is 9.79. The second kappa shape index (κ2) is 8.91. The monoisotopic (exact) mass is 429 g/mol. The Bertz CT molecular complexity index is 789. The van der Waals surface area contributed by atoms with E-state index in [4.69, 9.17) is 9.47 Å². The van der Waals surface area contributed by atoms with Crippen molar-refractivity contribution in [1.29, 1.82) is 0 Å². The van der Waals surface area contributed by atoms with E-state index in [1.165, 1.54) is 30.1 Å². The molecule has 3 rings (SSSR count). The smallest absolute Gasteiger partial charge is 0.375 e. The maximum Gasteiger partial charge on any atom is 0.418 e. The minimum atomic E-state index is -4.58. The molecule has 0 radical (unpaired) electrons. The molecule has 10 heteroatoms. The fourth-order valence-electron chi connectivity index (χ4n) is 3.82. The van der Waals surface area contributed by atoms with E-state index in [0.29, 0.717) is 26.3 Å². The fourth-order valence-corrected chi connectivity index (χ4v) is 3.82. The second-order valence-electron chi connectivity index (χ2n) is 7.73. The van der Waals surface area contributed by atoms with Gasteiger partial charge in [-0.25, -0.2) is 0 Å². The van der Waals surface area contributed by atoms with Crippen molar-refractivity contribution in [3.8, 4) is 0 Å². The molecule has 1 aromatic carbocycles. The molecule has 0 aliphatic carbocycles. The third-order valence-corrected chi connectivity index (χ3v) is 5.59. The normalized spacial score (nSPS) is 24.8. The Labute approximate surface area is 173 Å². The lowest BCUT2D eigenvalue weighted by molar-refractivity contribution is -0.148. The number of rotatable bonds is 5. The Morgan fingerprint density at radius 2 is 2.03 bits per heavy atom. The van der Waals surface area contributed by atoms with Gasteiger partial charge in [0, 0.05) is 33.2 Å². The maximum absolute atomic E-state index is 13.1. The molecule has 1 aromatic rings. The molecule has 7 nitrogen and oxygen atoms in total. The van der Waals surface area contributed by atoms with Gasteiger partial charge >= 0.3 is 6.18 Å². The van der Waals surface area contributed by atoms with Gasteiger partial charge in [0.2, 0.25) is 11.8 Å². The van der Waals surface area contributed by atoms with Crippen LogP contribution in [-0.4, -0.2) is 79.8 Å². The van der Waals surface area contributed by atoms with Crippen LogP contribution in [-0.2, 0) is 25.2 Å². The number of nitrogens with zero attached hydrogens (tertiary/aromatic N) is 2. The molecule has 2 amide bonds. The molecule has 1 N–H and O–H groups in total. The number of carbonyl (C=O) groups excluding carboxylic acids is 2. The lowest BCUT2D eigenvalue weighted by Crippen LogP contribution is -2.57. The van der Waals surface area contributed by atoms with E-state index in [-0.39, 0.29) is 30.8 Å². The van der Waals surface area contributed by atoms with Crippen molar-refractivity contribution in [3.05, 3.63) is 29.8 Å². The van der Waals surface area contributed by atoms with E-state index in [1.54, 1.807) is 0 Å². The third kappa shape index (κ3) is 5.11. The van der Waals surface area contributed by atoms with Crippen LogP contribution in [0, 0.1) is 0 Å². The highest BCUT2D eigenvalue weighted by Crippen LogP contribution is 2.35. The number of carbonyl (C=O) groups is 2. The van der Waals surface area contributed by atoms with Crippen LogP contribution in [0.5, 0.6) is 0 Å². The summed E-state index contributed by atoms with van der Waals surface area (Å²) >= 11 is 0. The molecule has 0 aromatic heterocycles. The van der Waals surface area contributed by atoms with Gasteiger partial charge in [-0.2, -0.15) is 13.2 Å². The number of alkyl halides is 3. The van der Waals surface area contributed by atoms with Gasteiger partial charge in [-0.05, 0) is 19.1 Å². The molecule has 0 bridgehead atoms. The molecule has 2 saturated heterocycles. The molecule has 30 heavy (non-hydrogen) atoms. The predicted octanol–water partition coefficient (Wildman–Crippen LogP) is 1.98. The molecule has 2 fully saturated rings. The number of para-hydroxylation sites is 1. The second-order valence-corrected chi connectivity index (χ2v) is 7.73. The summed E-state index contributed by atoms with van der Waals surface area (Å²) in [5.74, 6) is -0.989. The van der Waals surface area contributed by atoms with Crippen LogP contribution in [0.3, 0.4) is 0 Å². The highest BCUT2D eigenvalue weighted by molar-refractivity contribution is 5.95. The van der Waals surface area contributed by atoms with Gasteiger partial charge in [0.25, 0.3) is 0 Å². The number of nitrogens with one attached hydrogen (secondary N) is 1. The van der Waals surface area contributed by atoms with Crippen molar-refractivity contribution in [1.82, 2.24) is 9.80 Å². The summed E-state index contributed by atoms with van der Waals surface area (Å²) in [7, 11) is 1.45. The maximum atomic E-state index is 13.1. The Morgan fingerprint density at radius 3 is 2.70 bits per heavy atom. The first kappa shape index (κ1) is 22.5. The first-order chi connectivity index (χ1) is 14.1. The van der Waals surface area contributed by atoms with E-state index >= 15 is 0 Å². The molecule has 2 aliphatic rings. The van der Waals surface area contributed by atoms with Gasteiger partial charge in [0.15, 0.2) is 0 Å². The zero-order chi connectivity index (χ0) is 21.9. The van der Waals surface area contributed by atoms with Gasteiger partial charge in [-0.1, -0.05) is 12.1 Å². The third-order valence-electron chi connectivity index (χ3n) is 5.59. The lowest BCUT2D eigenvalue weighted by atomic mass is 9.94. The van der Waals surface area contributed by atoms with Crippen LogP contribution < -0.4 is 5.32 Å². The number of anilines is 1. The Balaban J connectivity index is 1.54. The topological polar surface area (TPSA) is 71.1 Å². The first-order valence-corrected chi connectivity index (χ1v) is 9.79. The number of morpholine rings is 1. The lowest BCUT2D eigenvalue weighted by Gasteiger charge is -2.42. The number of ether oxygens (including phenoxy) is 2. The van der Waals surface area contributed by atoms with E-state index < -0.39 is 23.2 Å². The highest BCUT2D eigenvalue weighted by Gasteiger charge is 2.46. The number of benzene rings is 1. The molecule has 2 heterocycles. The molecular formula is C20H26F3N3O4. The predicted molar refractivity (Wildman–Crippen MR) is 103 cm³/mol. The molecule has 0 saturated carbocycles. The van der Waals surface area contributed by atoms with Crippen LogP contribution in [0.1, 0.15) is 18.9 Å². The van der Waals surface area contributed by atoms with Gasteiger partial charge in [0.05, 0.1) is 37.1 Å². The number of hydrogen-bond acceptors (Lipinski definition) is 5. The molecule has 166 valence electrons. The van der Waals surface area contributed by atoms with Crippen LogP contribution in [0.4, 0.5) is 18.9 Å². The SMILES string of the molecule is CC1OCCC12CN(CC(=O)N(C)CC(=O)Nc1ccccc1C(F)(F)F)CCO2. The molecule has 2 unspecified atom stereocenters. The number of amides is 2. The van der Waals surface area contributed by atoms with Crippen molar-refractivity contribution in [3.63, 3.8) is 0 Å². The number of halogens is 3. The molecular weight excluding hydrogens is 403 g/mol. The summed E-state index contributed by atoms with van der Waals surface area (Å²) in [5.41, 5.74) is -1.68. The zero-order valence-corrected chi connectivity index (χ0v) is 17.0. The fraction of sp³-hybridized carbons (Fsp3) is 0.600. The van der Waals surface area contributed by atoms with Crippen LogP contribution in [0.15, 0.2) is 24.3 Å². The number of likely N-dealkylation sites (N-methyl/N-ethyl adjacent to an activating group) is 1. The Kier molecular flexibility index (Phi) is 6.68. The van der Waals surface area contributed by atoms with E-state index in [9.17, 15) is 22.8 Å². The van der Waals surface area contributed by atoms with Crippen molar-refractivity contribution in [2.24, 2.45) is 0 Å². The summed E-state index contributed by atoms with van der Waals surface area (Å²) in [4.78, 5) is 28.0. The standard InChI is InChI=1S/C20H26F3N3O4/c1-14-19(7-9-29-14)13-26(8-10-30-19)12-18(28)25(2)11-17(27)24-16-6-4-3-5-15(16)20(21,22)23/h3-6,14H,7-13H2,1-2H3,(H,24,27). The largest absolute Gasteiger partial charge is 0.418 e. The van der Waals surface area contributed by atoms with E-state index in [1.807, 2.05) is 11.8 Å². The van der Waals surface area contributed by atoms with Gasteiger partial charge in [0.1, 0.15) is 5.60 Å². The van der Waals surface area contributed by atoms with Crippen LogP contribution in [0.25, 0.3) is 0 Å². The zero-order valence-electron chi connectivity index (χ0n) is 17.0. The Morgan fingerprint density at radius 1 is 1.30 bits per heavy atom. The molecule has 2 aliphatic heterocycles. The summed E-state index contributed by atoms with van der Waals surface area (Å²) in [6.07, 6.45) is -3.89. The van der Waals surface area contributed by atoms with Crippen molar-refractivity contribution in [2.75, 3.05) is 51.8 Å². The van der Waals surface area contributed by atoms with Crippen molar-refractivity contribution >= 4 is 17.5 Å². The summed E-state index contributed by atoms with van der Waals surface area (Å²) in [6, 6.07) is 4.73. The van der Waals surface area contributed by atoms with E-state index in [0.717, 1.165) is 12.5 Å². The minimum Gasteiger partial charge on any atom is -0.375 e. The van der Waals surface area contributed by atoms with Crippen LogP contribution >= 0.6 is 0 Å². The molecule has 1 spiro atoms. The highest BCUT2D eigenvalue weighted by atomic mass is 19.4.